The molecule has 3 atom stereocenters. The number of thiol groups is 1. The highest BCUT2D eigenvalue weighted by atomic mass is 33.1. The molecule has 2 aliphatic rings. The van der Waals surface area contributed by atoms with Crippen molar-refractivity contribution in [3.05, 3.63) is 24.3 Å². The van der Waals surface area contributed by atoms with Gasteiger partial charge in [0, 0.05) is 12.6 Å². The summed E-state index contributed by atoms with van der Waals surface area (Å²) in [5.74, 6) is -0.238. The Bertz CT molecular complexity index is 427. The van der Waals surface area contributed by atoms with Crippen LogP contribution >= 0.6 is 22.6 Å². The fourth-order valence-electron chi connectivity index (χ4n) is 3.04. The highest BCUT2D eigenvalue weighted by molar-refractivity contribution is 8.67. The summed E-state index contributed by atoms with van der Waals surface area (Å²) >= 11 is 4.35. The molecule has 21 heavy (non-hydrogen) atoms. The molecule has 0 amide bonds. The molecule has 6 heteroatoms. The van der Waals surface area contributed by atoms with Crippen molar-refractivity contribution in [2.45, 2.75) is 32.2 Å². The third kappa shape index (κ3) is 4.52. The van der Waals surface area contributed by atoms with Crippen molar-refractivity contribution in [3.63, 3.8) is 0 Å². The first kappa shape index (κ1) is 16.9. The van der Waals surface area contributed by atoms with E-state index in [-0.39, 0.29) is 18.4 Å². The lowest BCUT2D eigenvalue weighted by atomic mass is 9.72. The lowest BCUT2D eigenvalue weighted by Crippen LogP contribution is -2.28. The number of carboxylic acid groups (broad SMARTS) is 1. The van der Waals surface area contributed by atoms with Gasteiger partial charge in [0.1, 0.15) is 0 Å². The van der Waals surface area contributed by atoms with Crippen molar-refractivity contribution < 1.29 is 14.6 Å². The van der Waals surface area contributed by atoms with E-state index in [0.29, 0.717) is 18.6 Å². The Morgan fingerprint density at radius 3 is 3.00 bits per heavy atom. The van der Waals surface area contributed by atoms with Crippen molar-refractivity contribution in [1.29, 1.82) is 0 Å². The summed E-state index contributed by atoms with van der Waals surface area (Å²) in [4.78, 5) is 10.5. The summed E-state index contributed by atoms with van der Waals surface area (Å²) in [6, 6.07) is 0.308. The minimum Gasteiger partial charge on any atom is -0.481 e. The van der Waals surface area contributed by atoms with Crippen molar-refractivity contribution in [2.75, 3.05) is 19.8 Å². The number of hydrogen-bond donors (Lipinski definition) is 2. The number of carboxylic acids is 1. The maximum Gasteiger partial charge on any atom is 0.305 e. The summed E-state index contributed by atoms with van der Waals surface area (Å²) in [5, 5.41) is 8.63. The lowest BCUT2D eigenvalue weighted by Gasteiger charge is -2.33. The maximum absolute atomic E-state index is 10.5. The zero-order valence-corrected chi connectivity index (χ0v) is 14.0. The number of hydrogen-bond acceptors (Lipinski definition) is 5. The Balaban J connectivity index is 1.87. The average molecular weight is 329 g/mol. The van der Waals surface area contributed by atoms with Gasteiger partial charge in [0.25, 0.3) is 0 Å². The first-order valence-corrected chi connectivity index (χ1v) is 9.10. The number of nitrogens with zero attached hydrogens (tertiary/aromatic N) is 1. The molecule has 0 spiro atoms. The van der Waals surface area contributed by atoms with Gasteiger partial charge in [-0.05, 0) is 35.2 Å². The van der Waals surface area contributed by atoms with Gasteiger partial charge in [0.05, 0.1) is 19.6 Å². The summed E-state index contributed by atoms with van der Waals surface area (Å²) in [7, 11) is 1.46. The largest absolute Gasteiger partial charge is 0.481 e. The van der Waals surface area contributed by atoms with Crippen molar-refractivity contribution in [1.82, 2.24) is 4.31 Å². The van der Waals surface area contributed by atoms with E-state index in [1.807, 2.05) is 0 Å². The Morgan fingerprint density at radius 2 is 2.38 bits per heavy atom. The topological polar surface area (TPSA) is 49.8 Å². The maximum atomic E-state index is 10.5. The number of carbonyl (C=O) groups is 1. The third-order valence-electron chi connectivity index (χ3n) is 4.45. The Labute approximate surface area is 135 Å². The Kier molecular flexibility index (Phi) is 6.22. The van der Waals surface area contributed by atoms with E-state index < -0.39 is 5.97 Å². The first-order valence-electron chi connectivity index (χ1n) is 7.27. The molecule has 1 saturated heterocycles. The molecule has 1 aliphatic carbocycles. The van der Waals surface area contributed by atoms with Crippen LogP contribution in [0.4, 0.5) is 0 Å². The fraction of sp³-hybridized carbons (Fsp3) is 0.667. The van der Waals surface area contributed by atoms with Crippen LogP contribution in [0.1, 0.15) is 26.2 Å². The molecule has 0 aromatic carbocycles. The summed E-state index contributed by atoms with van der Waals surface area (Å²) in [6.07, 6.45) is 11.0. The van der Waals surface area contributed by atoms with E-state index in [2.05, 4.69) is 47.2 Å². The van der Waals surface area contributed by atoms with Crippen molar-refractivity contribution in [3.8, 4) is 0 Å². The van der Waals surface area contributed by atoms with Gasteiger partial charge in [-0.2, -0.15) is 0 Å². The van der Waals surface area contributed by atoms with Crippen LogP contribution in [0.2, 0.25) is 0 Å². The van der Waals surface area contributed by atoms with E-state index in [4.69, 9.17) is 9.84 Å². The van der Waals surface area contributed by atoms with Gasteiger partial charge >= 0.3 is 5.97 Å². The molecule has 1 N–H and O–H groups in total. The number of rotatable bonds is 7. The van der Waals surface area contributed by atoms with Gasteiger partial charge in [-0.3, -0.25) is 4.79 Å². The number of allylic oxidation sites excluding steroid dienone is 4. The van der Waals surface area contributed by atoms with Crippen LogP contribution in [-0.2, 0) is 9.53 Å². The van der Waals surface area contributed by atoms with Gasteiger partial charge in [-0.25, -0.2) is 4.31 Å². The van der Waals surface area contributed by atoms with E-state index in [1.54, 1.807) is 0 Å². The molecule has 0 saturated carbocycles. The third-order valence-corrected chi connectivity index (χ3v) is 5.74. The van der Waals surface area contributed by atoms with Crippen molar-refractivity contribution >= 4 is 28.6 Å². The molecular formula is C15H23NO3S2. The van der Waals surface area contributed by atoms with Crippen LogP contribution in [0.15, 0.2) is 24.3 Å². The minimum absolute atomic E-state index is 0.0649. The van der Waals surface area contributed by atoms with Crippen LogP contribution < -0.4 is 0 Å². The van der Waals surface area contributed by atoms with E-state index in [9.17, 15) is 4.79 Å². The molecule has 1 fully saturated rings. The molecule has 0 radical (unpaired) electrons. The molecule has 118 valence electrons. The molecule has 1 unspecified atom stereocenters. The summed E-state index contributed by atoms with van der Waals surface area (Å²) < 4.78 is 7.78. The molecule has 0 bridgehead atoms. The van der Waals surface area contributed by atoms with E-state index >= 15 is 0 Å². The first-order chi connectivity index (χ1) is 10.0. The standard InChI is InChI=1S/C15H23NO3S2/c1-15(6-3-2-4-7-15)12-9-13(16(10-12)21-20)11-19-8-5-14(17)18/h2-4,6,12-13,20H,5,7-11H2,1H3,(H,17,18)/t12-,13+,15?/m1/s1. The van der Waals surface area contributed by atoms with Gasteiger partial charge in [0.2, 0.25) is 0 Å². The van der Waals surface area contributed by atoms with Crippen molar-refractivity contribution in [2.24, 2.45) is 11.3 Å². The lowest BCUT2D eigenvalue weighted by molar-refractivity contribution is -0.138. The summed E-state index contributed by atoms with van der Waals surface area (Å²) in [6.45, 7) is 4.16. The molecule has 4 nitrogen and oxygen atoms in total. The average Bonchev–Trinajstić information content (AvgIpc) is 2.88. The fourth-order valence-corrected chi connectivity index (χ4v) is 4.17. The van der Waals surface area contributed by atoms with Crippen LogP contribution in [0.3, 0.4) is 0 Å². The van der Waals surface area contributed by atoms with Crippen LogP contribution in [0.5, 0.6) is 0 Å². The highest BCUT2D eigenvalue weighted by Crippen LogP contribution is 2.44. The minimum atomic E-state index is -0.814. The van der Waals surface area contributed by atoms with Gasteiger partial charge < -0.3 is 9.84 Å². The molecule has 2 rings (SSSR count). The van der Waals surface area contributed by atoms with Gasteiger partial charge in [0.15, 0.2) is 0 Å². The predicted octanol–water partition coefficient (Wildman–Crippen LogP) is 3.18. The predicted molar refractivity (Wildman–Crippen MR) is 89.3 cm³/mol. The second-order valence-electron chi connectivity index (χ2n) is 5.98. The van der Waals surface area contributed by atoms with Crippen LogP contribution in [-0.4, -0.2) is 41.2 Å². The number of ether oxygens (including phenoxy) is 1. The molecule has 1 heterocycles. The quantitative estimate of drug-likeness (QED) is 0.325. The molecule has 0 aromatic heterocycles. The second kappa shape index (κ2) is 7.72. The summed E-state index contributed by atoms with van der Waals surface area (Å²) in [5.41, 5.74) is 0.201. The molecular weight excluding hydrogens is 306 g/mol. The Hall–Kier alpha value is -0.430. The Morgan fingerprint density at radius 1 is 1.57 bits per heavy atom. The van der Waals surface area contributed by atoms with Crippen LogP contribution in [0.25, 0.3) is 0 Å². The SMILES string of the molecule is CC1([C@@H]2C[C@@H](COCCC(=O)O)N(SS)C2)C=CC=CC1. The zero-order valence-electron chi connectivity index (χ0n) is 12.3. The second-order valence-corrected chi connectivity index (χ2v) is 7.11. The van der Waals surface area contributed by atoms with Gasteiger partial charge in [-0.15, -0.1) is 0 Å². The monoisotopic (exact) mass is 329 g/mol. The molecule has 1 aliphatic heterocycles. The zero-order chi connectivity index (χ0) is 15.3. The smallest absolute Gasteiger partial charge is 0.305 e. The normalized spacial score (nSPS) is 32.7. The number of aliphatic carboxylic acids is 1. The highest BCUT2D eigenvalue weighted by Gasteiger charge is 2.41. The molecule has 0 aromatic rings. The van der Waals surface area contributed by atoms with E-state index in [1.165, 1.54) is 11.0 Å². The van der Waals surface area contributed by atoms with Gasteiger partial charge in [-0.1, -0.05) is 42.9 Å². The van der Waals surface area contributed by atoms with Crippen LogP contribution in [0, 0.1) is 11.3 Å². The van der Waals surface area contributed by atoms with E-state index in [0.717, 1.165) is 19.4 Å².